The topological polar surface area (TPSA) is 67.2 Å². The minimum absolute atomic E-state index is 0.0794. The molecule has 0 radical (unpaired) electrons. The highest BCUT2D eigenvalue weighted by Gasteiger charge is 2.15. The number of rotatable bonds is 3. The zero-order chi connectivity index (χ0) is 11.5. The Morgan fingerprint density at radius 1 is 1.53 bits per heavy atom. The van der Waals surface area contributed by atoms with Gasteiger partial charge in [0.25, 0.3) is 0 Å². The lowest BCUT2D eigenvalue weighted by Crippen LogP contribution is -1.99. The van der Waals surface area contributed by atoms with E-state index in [1.807, 2.05) is 0 Å². The molecular formula is C10H9NO3S. The lowest BCUT2D eigenvalue weighted by molar-refractivity contribution is 0.413. The summed E-state index contributed by atoms with van der Waals surface area (Å²) in [4.78, 5) is -0.0839. The first-order valence-corrected chi connectivity index (χ1v) is 5.55. The van der Waals surface area contributed by atoms with Crippen LogP contribution in [-0.4, -0.2) is 15.5 Å². The van der Waals surface area contributed by atoms with Crippen LogP contribution in [0.3, 0.4) is 0 Å². The molecule has 0 saturated carbocycles. The van der Waals surface area contributed by atoms with E-state index >= 15 is 0 Å². The molecule has 0 spiro atoms. The maximum atomic E-state index is 11.5. The van der Waals surface area contributed by atoms with Crippen LogP contribution >= 0.6 is 0 Å². The van der Waals surface area contributed by atoms with Crippen molar-refractivity contribution in [2.24, 2.45) is 0 Å². The Labute approximate surface area is 88.3 Å². The lowest BCUT2D eigenvalue weighted by atomic mass is 10.2. The van der Waals surface area contributed by atoms with Gasteiger partial charge in [-0.3, -0.25) is 0 Å². The van der Waals surface area contributed by atoms with E-state index in [0.717, 1.165) is 5.41 Å². The summed E-state index contributed by atoms with van der Waals surface area (Å²) in [5.74, 6) is 0.384. The van der Waals surface area contributed by atoms with Crippen LogP contribution in [-0.2, 0) is 9.84 Å². The lowest BCUT2D eigenvalue weighted by Gasteiger charge is -2.04. The summed E-state index contributed by atoms with van der Waals surface area (Å²) in [6.07, 6.45) is 0. The number of nitrogens with zero attached hydrogens (tertiary/aromatic N) is 1. The van der Waals surface area contributed by atoms with Gasteiger partial charge >= 0.3 is 0 Å². The van der Waals surface area contributed by atoms with Crippen molar-refractivity contribution in [2.75, 3.05) is 7.11 Å². The van der Waals surface area contributed by atoms with E-state index in [2.05, 4.69) is 6.58 Å². The highest BCUT2D eigenvalue weighted by Crippen LogP contribution is 2.22. The SMILES string of the molecule is C=CS(=O)(=O)c1cc(OC)ccc1C#N. The summed E-state index contributed by atoms with van der Waals surface area (Å²) in [5, 5.41) is 9.56. The minimum atomic E-state index is -3.61. The third kappa shape index (κ3) is 2.17. The van der Waals surface area contributed by atoms with Crippen LogP contribution in [0.2, 0.25) is 0 Å². The van der Waals surface area contributed by atoms with Crippen molar-refractivity contribution in [1.82, 2.24) is 0 Å². The first kappa shape index (κ1) is 11.3. The summed E-state index contributed by atoms with van der Waals surface area (Å²) < 4.78 is 27.9. The van der Waals surface area contributed by atoms with Crippen molar-refractivity contribution in [2.45, 2.75) is 4.90 Å². The summed E-state index contributed by atoms with van der Waals surface area (Å²) in [6.45, 7) is 3.20. The first-order chi connectivity index (χ1) is 7.05. The van der Waals surface area contributed by atoms with E-state index in [-0.39, 0.29) is 10.5 Å². The summed E-state index contributed by atoms with van der Waals surface area (Å²) in [5.41, 5.74) is 0.0794. The number of ether oxygens (including phenoxy) is 1. The van der Waals surface area contributed by atoms with Gasteiger partial charge in [0.15, 0.2) is 0 Å². The summed E-state index contributed by atoms with van der Waals surface area (Å²) >= 11 is 0. The van der Waals surface area contributed by atoms with Gasteiger partial charge in [0, 0.05) is 11.5 Å². The van der Waals surface area contributed by atoms with Gasteiger partial charge in [-0.25, -0.2) is 8.42 Å². The molecule has 0 aromatic heterocycles. The van der Waals surface area contributed by atoms with Gasteiger partial charge in [0.1, 0.15) is 11.8 Å². The zero-order valence-electron chi connectivity index (χ0n) is 8.10. The third-order valence-corrected chi connectivity index (χ3v) is 3.22. The molecule has 0 aliphatic rings. The molecule has 0 fully saturated rings. The molecule has 0 N–H and O–H groups in total. The molecule has 0 atom stereocenters. The van der Waals surface area contributed by atoms with Crippen molar-refractivity contribution in [3.63, 3.8) is 0 Å². The van der Waals surface area contributed by atoms with Crippen molar-refractivity contribution in [1.29, 1.82) is 5.26 Å². The molecule has 0 saturated heterocycles. The fourth-order valence-corrected chi connectivity index (χ4v) is 1.93. The van der Waals surface area contributed by atoms with Crippen molar-refractivity contribution >= 4 is 9.84 Å². The summed E-state index contributed by atoms with van der Waals surface area (Å²) in [6, 6.07) is 6.03. The quantitative estimate of drug-likeness (QED) is 0.778. The molecule has 0 heterocycles. The zero-order valence-corrected chi connectivity index (χ0v) is 8.91. The normalized spacial score (nSPS) is 10.4. The second-order valence-corrected chi connectivity index (χ2v) is 4.55. The molecule has 0 amide bonds. The number of nitriles is 1. The second-order valence-electron chi connectivity index (χ2n) is 2.69. The maximum Gasteiger partial charge on any atom is 0.200 e. The Balaban J connectivity index is 3.52. The van der Waals surface area contributed by atoms with Gasteiger partial charge in [-0.05, 0) is 12.1 Å². The molecule has 5 heteroatoms. The molecule has 0 bridgehead atoms. The number of hydrogen-bond acceptors (Lipinski definition) is 4. The molecule has 0 aliphatic carbocycles. The highest BCUT2D eigenvalue weighted by atomic mass is 32.2. The van der Waals surface area contributed by atoms with Crippen LogP contribution in [0.15, 0.2) is 35.1 Å². The van der Waals surface area contributed by atoms with Crippen LogP contribution in [0.25, 0.3) is 0 Å². The predicted octanol–water partition coefficient (Wildman–Crippen LogP) is 1.48. The van der Waals surface area contributed by atoms with Crippen LogP contribution < -0.4 is 4.74 Å². The molecule has 4 nitrogen and oxygen atoms in total. The fourth-order valence-electron chi connectivity index (χ4n) is 1.05. The fraction of sp³-hybridized carbons (Fsp3) is 0.100. The maximum absolute atomic E-state index is 11.5. The van der Waals surface area contributed by atoms with E-state index in [4.69, 9.17) is 10.00 Å². The average molecular weight is 223 g/mol. The molecule has 78 valence electrons. The monoisotopic (exact) mass is 223 g/mol. The highest BCUT2D eigenvalue weighted by molar-refractivity contribution is 7.94. The standard InChI is InChI=1S/C10H9NO3S/c1-3-15(12,13)10-6-9(14-2)5-4-8(10)7-11/h3-6H,1H2,2H3. The van der Waals surface area contributed by atoms with E-state index < -0.39 is 9.84 Å². The number of benzene rings is 1. The first-order valence-electron chi connectivity index (χ1n) is 4.01. The van der Waals surface area contributed by atoms with Crippen LogP contribution in [0.1, 0.15) is 5.56 Å². The molecule has 0 aliphatic heterocycles. The van der Waals surface area contributed by atoms with Gasteiger partial charge in [-0.15, -0.1) is 0 Å². The van der Waals surface area contributed by atoms with Gasteiger partial charge in [0.05, 0.1) is 17.6 Å². The van der Waals surface area contributed by atoms with E-state index in [1.165, 1.54) is 25.3 Å². The molecule has 0 unspecified atom stereocenters. The second kappa shape index (κ2) is 4.15. The van der Waals surface area contributed by atoms with Crippen LogP contribution in [0.5, 0.6) is 5.75 Å². The summed E-state index contributed by atoms with van der Waals surface area (Å²) in [7, 11) is -2.19. The van der Waals surface area contributed by atoms with Crippen molar-refractivity contribution < 1.29 is 13.2 Å². The average Bonchev–Trinajstić information content (AvgIpc) is 2.28. The smallest absolute Gasteiger partial charge is 0.200 e. The van der Waals surface area contributed by atoms with Gasteiger partial charge < -0.3 is 4.74 Å². The molecule has 1 aromatic carbocycles. The van der Waals surface area contributed by atoms with E-state index in [1.54, 1.807) is 6.07 Å². The molecule has 15 heavy (non-hydrogen) atoms. The van der Waals surface area contributed by atoms with Gasteiger partial charge in [-0.2, -0.15) is 5.26 Å². The molecular weight excluding hydrogens is 214 g/mol. The third-order valence-electron chi connectivity index (χ3n) is 1.84. The Hall–Kier alpha value is -1.80. The van der Waals surface area contributed by atoms with Crippen LogP contribution in [0, 0.1) is 11.3 Å². The van der Waals surface area contributed by atoms with Crippen molar-refractivity contribution in [3.8, 4) is 11.8 Å². The van der Waals surface area contributed by atoms with E-state index in [9.17, 15) is 8.42 Å². The van der Waals surface area contributed by atoms with Crippen molar-refractivity contribution in [3.05, 3.63) is 35.7 Å². The Morgan fingerprint density at radius 3 is 2.67 bits per heavy atom. The van der Waals surface area contributed by atoms with Gasteiger partial charge in [-0.1, -0.05) is 6.58 Å². The molecule has 1 aromatic rings. The predicted molar refractivity (Wildman–Crippen MR) is 55.1 cm³/mol. The number of hydrogen-bond donors (Lipinski definition) is 0. The number of sulfone groups is 1. The Bertz CT molecular complexity index is 526. The van der Waals surface area contributed by atoms with Crippen LogP contribution in [0.4, 0.5) is 0 Å². The largest absolute Gasteiger partial charge is 0.497 e. The Morgan fingerprint density at radius 2 is 2.20 bits per heavy atom. The van der Waals surface area contributed by atoms with Gasteiger partial charge in [0.2, 0.25) is 9.84 Å². The minimum Gasteiger partial charge on any atom is -0.497 e. The Kier molecular flexibility index (Phi) is 3.12. The molecule has 1 rings (SSSR count). The van der Waals surface area contributed by atoms with E-state index in [0.29, 0.717) is 5.75 Å². The number of methoxy groups -OCH3 is 1.